The summed E-state index contributed by atoms with van der Waals surface area (Å²) in [5, 5.41) is 22.3. The Kier molecular flexibility index (Phi) is 8.22. The number of carbonyl (C=O) groups excluding carboxylic acids is 1. The van der Waals surface area contributed by atoms with Crippen LogP contribution in [0.2, 0.25) is 0 Å². The van der Waals surface area contributed by atoms with Crippen LogP contribution >= 0.6 is 11.3 Å². The first-order valence-corrected chi connectivity index (χ1v) is 14.8. The number of ether oxygens (including phenoxy) is 1. The lowest BCUT2D eigenvalue weighted by molar-refractivity contribution is 0.0917. The lowest BCUT2D eigenvalue weighted by Crippen LogP contribution is -2.35. The molecule has 2 aromatic heterocycles. The van der Waals surface area contributed by atoms with Crippen molar-refractivity contribution in [3.05, 3.63) is 52.3 Å². The van der Waals surface area contributed by atoms with Crippen LogP contribution in [0.5, 0.6) is 5.75 Å². The molecule has 0 spiro atoms. The molecule has 1 aliphatic heterocycles. The molecule has 2 aliphatic rings. The van der Waals surface area contributed by atoms with E-state index in [1.54, 1.807) is 12.1 Å². The smallest absolute Gasteiger partial charge is 0.280 e. The molecule has 12 heteroatoms. The molecule has 0 bridgehead atoms. The van der Waals surface area contributed by atoms with Gasteiger partial charge in [0.1, 0.15) is 17.0 Å². The highest BCUT2D eigenvalue weighted by atomic mass is 32.2. The fraction of sp³-hybridized carbons (Fsp3) is 0.357. The number of anilines is 1. The number of nitrogens with one attached hydrogen (secondary N) is 1. The molecule has 0 unspecified atom stereocenters. The Morgan fingerprint density at radius 3 is 2.70 bits per heavy atom. The number of aliphatic hydroxyl groups is 1. The van der Waals surface area contributed by atoms with Crippen molar-refractivity contribution in [3.63, 3.8) is 0 Å². The van der Waals surface area contributed by atoms with E-state index in [4.69, 9.17) is 4.74 Å². The molecule has 3 heterocycles. The van der Waals surface area contributed by atoms with Gasteiger partial charge >= 0.3 is 0 Å². The second-order valence-corrected chi connectivity index (χ2v) is 12.2. The van der Waals surface area contributed by atoms with E-state index in [0.717, 1.165) is 24.2 Å². The highest BCUT2D eigenvalue weighted by molar-refractivity contribution is 7.85. The van der Waals surface area contributed by atoms with Crippen molar-refractivity contribution < 1.29 is 27.6 Å². The molecule has 3 aromatic rings. The molecule has 0 radical (unpaired) electrons. The number of amides is 1. The number of halogens is 2. The second-order valence-electron chi connectivity index (χ2n) is 9.43. The fourth-order valence-electron chi connectivity index (χ4n) is 3.99. The van der Waals surface area contributed by atoms with E-state index in [1.807, 2.05) is 0 Å². The summed E-state index contributed by atoms with van der Waals surface area (Å²) >= 11 is 1.14. The van der Waals surface area contributed by atoms with Gasteiger partial charge in [-0.2, -0.15) is 0 Å². The zero-order valence-corrected chi connectivity index (χ0v) is 23.0. The molecule has 206 valence electrons. The van der Waals surface area contributed by atoms with Gasteiger partial charge in [-0.15, -0.1) is 10.2 Å². The van der Waals surface area contributed by atoms with Gasteiger partial charge in [0, 0.05) is 35.4 Å². The Labute approximate surface area is 236 Å². The van der Waals surface area contributed by atoms with Gasteiger partial charge in [-0.05, 0) is 48.6 Å². The normalized spacial score (nSPS) is 20.2. The van der Waals surface area contributed by atoms with Gasteiger partial charge in [0.05, 0.1) is 24.8 Å². The van der Waals surface area contributed by atoms with Crippen molar-refractivity contribution in [2.45, 2.75) is 37.7 Å². The minimum absolute atomic E-state index is 0.164. The molecule has 5 rings (SSSR count). The summed E-state index contributed by atoms with van der Waals surface area (Å²) in [7, 11) is 0.662. The summed E-state index contributed by atoms with van der Waals surface area (Å²) in [6.07, 6.45) is 1.19. The molecule has 1 aliphatic carbocycles. The van der Waals surface area contributed by atoms with E-state index < -0.39 is 34.4 Å². The number of hydrogen-bond donors (Lipinski definition) is 2. The van der Waals surface area contributed by atoms with Gasteiger partial charge in [0.15, 0.2) is 15.8 Å². The summed E-state index contributed by atoms with van der Waals surface area (Å²) in [4.78, 5) is 17.2. The standard InChI is InChI=1S/C28H24F2N4O4S2/c1-38-23-16-31-22(25(29)30)15-21(23)20-14-18(8-9-28(36)10-12-40(37)13-11-28)4-6-19(20)26(35)32-27-34-33-24(39-27)7-5-17-2-3-17/h4,6,14-17,25,36H,2-3,10-13H2,1H3,(H,32,34,35)/p+1. The highest BCUT2D eigenvalue weighted by Crippen LogP contribution is 2.36. The lowest BCUT2D eigenvalue weighted by atomic mass is 9.94. The van der Waals surface area contributed by atoms with Crippen LogP contribution in [-0.4, -0.2) is 54.6 Å². The number of pyridine rings is 1. The van der Waals surface area contributed by atoms with E-state index in [0.29, 0.717) is 40.8 Å². The SMILES string of the molecule is COc1cnc(C(F)F)cc1-c1cc(C#CC2(O)CCS(=[OH+])CC2)ccc1C(=O)Nc1nnc(C#CC2CC2)s1. The number of nitrogens with zero attached hydrogens (tertiary/aromatic N) is 3. The maximum atomic E-state index is 13.6. The number of alkyl halides is 2. The van der Waals surface area contributed by atoms with E-state index in [1.165, 1.54) is 25.4 Å². The Morgan fingerprint density at radius 1 is 1.23 bits per heavy atom. The summed E-state index contributed by atoms with van der Waals surface area (Å²) in [5.74, 6) is 12.9. The van der Waals surface area contributed by atoms with Crippen LogP contribution in [0, 0.1) is 29.6 Å². The van der Waals surface area contributed by atoms with Crippen LogP contribution in [-0.2, 0) is 10.8 Å². The van der Waals surface area contributed by atoms with Gasteiger partial charge in [0.25, 0.3) is 12.3 Å². The molecule has 2 fully saturated rings. The highest BCUT2D eigenvalue weighted by Gasteiger charge is 2.32. The molecule has 1 aromatic carbocycles. The second kappa shape index (κ2) is 11.8. The summed E-state index contributed by atoms with van der Waals surface area (Å²) in [5.41, 5.74) is -0.571. The van der Waals surface area contributed by atoms with Crippen molar-refractivity contribution in [3.8, 4) is 40.6 Å². The molecule has 3 N–H and O–H groups in total. The maximum Gasteiger partial charge on any atom is 0.280 e. The first kappa shape index (κ1) is 27.8. The predicted octanol–water partition coefficient (Wildman–Crippen LogP) is 4.34. The average Bonchev–Trinajstić information content (AvgIpc) is 3.69. The Morgan fingerprint density at radius 2 is 2.00 bits per heavy atom. The number of aromatic nitrogens is 3. The number of carbonyl (C=O) groups is 1. The number of rotatable bonds is 5. The van der Waals surface area contributed by atoms with Crippen molar-refractivity contribution in [2.24, 2.45) is 5.92 Å². The van der Waals surface area contributed by atoms with E-state index in [2.05, 4.69) is 44.2 Å². The largest absolute Gasteiger partial charge is 0.494 e. The van der Waals surface area contributed by atoms with E-state index >= 15 is 0 Å². The third-order valence-electron chi connectivity index (χ3n) is 6.43. The van der Waals surface area contributed by atoms with E-state index in [9.17, 15) is 22.9 Å². The topological polar surface area (TPSA) is 119 Å². The Hall–Kier alpha value is -3.71. The molecule has 0 atom stereocenters. The fourth-order valence-corrected chi connectivity index (χ4v) is 5.94. The summed E-state index contributed by atoms with van der Waals surface area (Å²) in [6, 6.07) is 5.91. The molecule has 1 amide bonds. The van der Waals surface area contributed by atoms with Crippen LogP contribution in [0.1, 0.15) is 58.7 Å². The first-order valence-electron chi connectivity index (χ1n) is 12.5. The van der Waals surface area contributed by atoms with Crippen LogP contribution < -0.4 is 10.1 Å². The number of benzene rings is 1. The molecule has 1 saturated heterocycles. The van der Waals surface area contributed by atoms with Gasteiger partial charge in [-0.1, -0.05) is 29.1 Å². The minimum atomic E-state index is -2.84. The van der Waals surface area contributed by atoms with Crippen molar-refractivity contribution in [1.29, 1.82) is 0 Å². The van der Waals surface area contributed by atoms with Crippen LogP contribution in [0.4, 0.5) is 13.9 Å². The molecule has 8 nitrogen and oxygen atoms in total. The molecular weight excluding hydrogens is 558 g/mol. The van der Waals surface area contributed by atoms with E-state index in [-0.39, 0.29) is 27.6 Å². The van der Waals surface area contributed by atoms with Crippen molar-refractivity contribution in [1.82, 2.24) is 15.2 Å². The van der Waals surface area contributed by atoms with Gasteiger partial charge in [-0.3, -0.25) is 19.3 Å². The number of hydrogen-bond acceptors (Lipinski definition) is 7. The maximum absolute atomic E-state index is 13.6. The zero-order chi connectivity index (χ0) is 28.3. The van der Waals surface area contributed by atoms with Crippen LogP contribution in [0.25, 0.3) is 11.1 Å². The number of methoxy groups -OCH3 is 1. The third kappa shape index (κ3) is 6.70. The van der Waals surface area contributed by atoms with Crippen LogP contribution in [0.15, 0.2) is 30.5 Å². The lowest BCUT2D eigenvalue weighted by Gasteiger charge is -2.24. The van der Waals surface area contributed by atoms with Crippen LogP contribution in [0.3, 0.4) is 0 Å². The average molecular weight is 584 g/mol. The first-order chi connectivity index (χ1) is 19.2. The van der Waals surface area contributed by atoms with Gasteiger partial charge in [0.2, 0.25) is 5.13 Å². The molecular formula is C28H25F2N4O4S2+. The van der Waals surface area contributed by atoms with Gasteiger partial charge in [-0.25, -0.2) is 8.78 Å². The zero-order valence-electron chi connectivity index (χ0n) is 21.4. The summed E-state index contributed by atoms with van der Waals surface area (Å²) in [6.45, 7) is 0. The Bertz CT molecular complexity index is 1590. The monoisotopic (exact) mass is 583 g/mol. The predicted molar refractivity (Wildman–Crippen MR) is 149 cm³/mol. The van der Waals surface area contributed by atoms with Crippen molar-refractivity contribution in [2.75, 3.05) is 23.9 Å². The summed E-state index contributed by atoms with van der Waals surface area (Å²) < 4.78 is 42.3. The quantitative estimate of drug-likeness (QED) is 0.341. The minimum Gasteiger partial charge on any atom is -0.494 e. The Balaban J connectivity index is 1.51. The van der Waals surface area contributed by atoms with Gasteiger partial charge < -0.3 is 9.84 Å². The molecule has 1 saturated carbocycles. The third-order valence-corrected chi connectivity index (χ3v) is 8.54. The molecule has 40 heavy (non-hydrogen) atoms. The van der Waals surface area contributed by atoms with Crippen molar-refractivity contribution >= 4 is 33.2 Å².